The predicted octanol–water partition coefficient (Wildman–Crippen LogP) is 2.29. The first kappa shape index (κ1) is 13.1. The van der Waals surface area contributed by atoms with Crippen molar-refractivity contribution in [1.82, 2.24) is 19.6 Å². The lowest BCUT2D eigenvalue weighted by Gasteiger charge is -2.14. The van der Waals surface area contributed by atoms with Gasteiger partial charge in [-0.25, -0.2) is 13.8 Å². The molecule has 7 heteroatoms. The molecule has 22 heavy (non-hydrogen) atoms. The molecule has 1 aliphatic carbocycles. The Hall–Kier alpha value is -2.57. The summed E-state index contributed by atoms with van der Waals surface area (Å²) >= 11 is 0. The van der Waals surface area contributed by atoms with Crippen LogP contribution >= 0.6 is 0 Å². The Balaban J connectivity index is 1.63. The monoisotopic (exact) mass is 301 g/mol. The first-order chi connectivity index (χ1) is 10.6. The smallest absolute Gasteiger partial charge is 0.254 e. The molecule has 3 aromatic rings. The number of hydrogen-bond donors (Lipinski definition) is 1. The van der Waals surface area contributed by atoms with Crippen LogP contribution in [0, 0.1) is 18.6 Å². The number of benzene rings is 1. The zero-order valence-corrected chi connectivity index (χ0v) is 11.8. The van der Waals surface area contributed by atoms with Crippen molar-refractivity contribution in [2.24, 2.45) is 0 Å². The Morgan fingerprint density at radius 1 is 1.14 bits per heavy atom. The van der Waals surface area contributed by atoms with E-state index < -0.39 is 11.6 Å². The molecule has 2 heterocycles. The lowest BCUT2D eigenvalue weighted by Crippen LogP contribution is -2.21. The number of nitrogens with one attached hydrogen (secondary N) is 1. The van der Waals surface area contributed by atoms with E-state index in [1.54, 1.807) is 4.52 Å². The van der Waals surface area contributed by atoms with Gasteiger partial charge >= 0.3 is 0 Å². The van der Waals surface area contributed by atoms with Gasteiger partial charge in [0.25, 0.3) is 5.78 Å². The first-order valence-corrected chi connectivity index (χ1v) is 7.01. The number of nitrogens with zero attached hydrogens (tertiary/aromatic N) is 4. The standard InChI is InChI=1S/C15H13F2N5/c1-8-2-14(22-15(20-8)18-7-19-22)21-11-3-9-5-12(16)13(17)6-10(9)4-11/h2,5-7,11,21H,3-4H2,1H3. The Kier molecular flexibility index (Phi) is 2.82. The number of rotatable bonds is 2. The fourth-order valence-corrected chi connectivity index (χ4v) is 2.96. The van der Waals surface area contributed by atoms with Crippen molar-refractivity contribution in [3.63, 3.8) is 0 Å². The third-order valence-electron chi connectivity index (χ3n) is 3.91. The summed E-state index contributed by atoms with van der Waals surface area (Å²) < 4.78 is 28.3. The molecule has 1 N–H and O–H groups in total. The molecule has 0 unspecified atom stereocenters. The molecule has 0 spiro atoms. The second-order valence-electron chi connectivity index (χ2n) is 5.54. The lowest BCUT2D eigenvalue weighted by molar-refractivity contribution is 0.507. The van der Waals surface area contributed by atoms with E-state index in [1.807, 2.05) is 13.0 Å². The highest BCUT2D eigenvalue weighted by Crippen LogP contribution is 2.27. The van der Waals surface area contributed by atoms with Crippen LogP contribution in [0.2, 0.25) is 0 Å². The van der Waals surface area contributed by atoms with Crippen LogP contribution in [0.25, 0.3) is 5.78 Å². The van der Waals surface area contributed by atoms with Crippen LogP contribution in [0.5, 0.6) is 0 Å². The summed E-state index contributed by atoms with van der Waals surface area (Å²) in [4.78, 5) is 8.36. The summed E-state index contributed by atoms with van der Waals surface area (Å²) in [7, 11) is 0. The minimum Gasteiger partial charge on any atom is -0.366 e. The molecule has 5 nitrogen and oxygen atoms in total. The molecule has 2 aromatic heterocycles. The second kappa shape index (κ2) is 4.72. The normalized spacial score (nSPS) is 14.5. The van der Waals surface area contributed by atoms with E-state index in [4.69, 9.17) is 0 Å². The maximum atomic E-state index is 13.3. The van der Waals surface area contributed by atoms with Crippen LogP contribution in [0.15, 0.2) is 24.5 Å². The third-order valence-corrected chi connectivity index (χ3v) is 3.91. The maximum Gasteiger partial charge on any atom is 0.254 e. The molecular formula is C15H13F2N5. The number of halogens is 2. The largest absolute Gasteiger partial charge is 0.366 e. The van der Waals surface area contributed by atoms with Crippen molar-refractivity contribution in [2.75, 3.05) is 5.32 Å². The number of fused-ring (bicyclic) bond motifs is 2. The number of hydrogen-bond acceptors (Lipinski definition) is 4. The SMILES string of the molecule is Cc1cc(NC2Cc3cc(F)c(F)cc3C2)n2ncnc2n1. The minimum absolute atomic E-state index is 0.0606. The van der Waals surface area contributed by atoms with E-state index in [9.17, 15) is 8.78 Å². The molecule has 4 rings (SSSR count). The molecule has 0 saturated heterocycles. The highest BCUT2D eigenvalue weighted by molar-refractivity contribution is 5.47. The van der Waals surface area contributed by atoms with Gasteiger partial charge < -0.3 is 5.32 Å². The summed E-state index contributed by atoms with van der Waals surface area (Å²) in [5.41, 5.74) is 2.52. The third kappa shape index (κ3) is 2.09. The summed E-state index contributed by atoms with van der Waals surface area (Å²) in [6.07, 6.45) is 2.73. The van der Waals surface area contributed by atoms with E-state index >= 15 is 0 Å². The van der Waals surface area contributed by atoms with Crippen LogP contribution in [-0.2, 0) is 12.8 Å². The van der Waals surface area contributed by atoms with Crippen molar-refractivity contribution >= 4 is 11.6 Å². The van der Waals surface area contributed by atoms with Crippen LogP contribution in [-0.4, -0.2) is 25.6 Å². The molecule has 0 saturated carbocycles. The molecular weight excluding hydrogens is 288 g/mol. The van der Waals surface area contributed by atoms with Crippen molar-refractivity contribution in [1.29, 1.82) is 0 Å². The summed E-state index contributed by atoms with van der Waals surface area (Å²) in [5.74, 6) is -0.288. The molecule has 0 aliphatic heterocycles. The van der Waals surface area contributed by atoms with Gasteiger partial charge in [0, 0.05) is 17.8 Å². The van der Waals surface area contributed by atoms with Gasteiger partial charge in [0.05, 0.1) is 0 Å². The van der Waals surface area contributed by atoms with Crippen molar-refractivity contribution in [3.05, 3.63) is 53.0 Å². The molecule has 0 atom stereocenters. The second-order valence-corrected chi connectivity index (χ2v) is 5.54. The van der Waals surface area contributed by atoms with Gasteiger partial charge in [-0.3, -0.25) is 0 Å². The topological polar surface area (TPSA) is 55.1 Å². The Labute approximate surface area is 125 Å². The molecule has 1 aromatic carbocycles. The van der Waals surface area contributed by atoms with Gasteiger partial charge in [0.2, 0.25) is 0 Å². The van der Waals surface area contributed by atoms with E-state index in [1.165, 1.54) is 18.5 Å². The molecule has 1 aliphatic rings. The van der Waals surface area contributed by atoms with Gasteiger partial charge in [-0.05, 0) is 43.0 Å². The Bertz CT molecular complexity index is 843. The van der Waals surface area contributed by atoms with E-state index in [-0.39, 0.29) is 6.04 Å². The molecule has 0 radical (unpaired) electrons. The molecule has 112 valence electrons. The number of aryl methyl sites for hydroxylation is 1. The highest BCUT2D eigenvalue weighted by atomic mass is 19.2. The molecule has 0 fully saturated rings. The van der Waals surface area contributed by atoms with Crippen molar-refractivity contribution in [3.8, 4) is 0 Å². The van der Waals surface area contributed by atoms with Gasteiger partial charge in [-0.15, -0.1) is 0 Å². The van der Waals surface area contributed by atoms with Crippen LogP contribution in [0.4, 0.5) is 14.6 Å². The Morgan fingerprint density at radius 2 is 1.82 bits per heavy atom. The fourth-order valence-electron chi connectivity index (χ4n) is 2.96. The van der Waals surface area contributed by atoms with Crippen LogP contribution < -0.4 is 5.32 Å². The van der Waals surface area contributed by atoms with Gasteiger partial charge in [0.15, 0.2) is 11.6 Å². The number of anilines is 1. The zero-order valence-electron chi connectivity index (χ0n) is 11.8. The summed E-state index contributed by atoms with van der Waals surface area (Å²) in [6, 6.07) is 4.52. The van der Waals surface area contributed by atoms with Crippen LogP contribution in [0.3, 0.4) is 0 Å². The van der Waals surface area contributed by atoms with Gasteiger partial charge in [-0.1, -0.05) is 0 Å². The zero-order chi connectivity index (χ0) is 15.3. The maximum absolute atomic E-state index is 13.3. The average molecular weight is 301 g/mol. The highest BCUT2D eigenvalue weighted by Gasteiger charge is 2.24. The van der Waals surface area contributed by atoms with E-state index in [0.29, 0.717) is 18.6 Å². The lowest BCUT2D eigenvalue weighted by atomic mass is 10.1. The van der Waals surface area contributed by atoms with Gasteiger partial charge in [0.1, 0.15) is 12.1 Å². The average Bonchev–Trinajstić information content (AvgIpc) is 3.05. The quantitative estimate of drug-likeness (QED) is 0.789. The predicted molar refractivity (Wildman–Crippen MR) is 76.7 cm³/mol. The van der Waals surface area contributed by atoms with Crippen molar-refractivity contribution < 1.29 is 8.78 Å². The van der Waals surface area contributed by atoms with E-state index in [2.05, 4.69) is 20.4 Å². The van der Waals surface area contributed by atoms with Crippen molar-refractivity contribution in [2.45, 2.75) is 25.8 Å². The summed E-state index contributed by atoms with van der Waals surface area (Å²) in [6.45, 7) is 1.88. The van der Waals surface area contributed by atoms with Crippen LogP contribution in [0.1, 0.15) is 16.8 Å². The number of aromatic nitrogens is 4. The van der Waals surface area contributed by atoms with E-state index in [0.717, 1.165) is 22.6 Å². The molecule has 0 amide bonds. The van der Waals surface area contributed by atoms with Gasteiger partial charge in [-0.2, -0.15) is 14.6 Å². The summed E-state index contributed by atoms with van der Waals surface area (Å²) in [5, 5.41) is 7.51. The fraction of sp³-hybridized carbons (Fsp3) is 0.267. The minimum atomic E-state index is -0.794. The molecule has 0 bridgehead atoms. The first-order valence-electron chi connectivity index (χ1n) is 7.01. The Morgan fingerprint density at radius 3 is 2.50 bits per heavy atom.